The molecule has 1 aliphatic rings. The lowest BCUT2D eigenvalue weighted by Gasteiger charge is -2.20. The largest absolute Gasteiger partial charge is 0.465 e. The van der Waals surface area contributed by atoms with Crippen LogP contribution in [0.5, 0.6) is 0 Å². The number of hydrogen-bond donors (Lipinski definition) is 0. The van der Waals surface area contributed by atoms with Gasteiger partial charge in [-0.15, -0.1) is 0 Å². The summed E-state index contributed by atoms with van der Waals surface area (Å²) >= 11 is 0. The summed E-state index contributed by atoms with van der Waals surface area (Å²) in [5.41, 5.74) is 5.01. The zero-order valence-corrected chi connectivity index (χ0v) is 17.0. The molecule has 0 saturated carbocycles. The van der Waals surface area contributed by atoms with E-state index in [9.17, 15) is 9.59 Å². The van der Waals surface area contributed by atoms with Gasteiger partial charge in [0.2, 0.25) is 0 Å². The van der Waals surface area contributed by atoms with Crippen LogP contribution in [0.3, 0.4) is 0 Å². The number of nitrogens with zero attached hydrogens (tertiary/aromatic N) is 4. The maximum atomic E-state index is 12.9. The molecular weight excluding hydrogens is 380 g/mol. The van der Waals surface area contributed by atoms with E-state index in [0.717, 1.165) is 22.5 Å². The number of methoxy groups -OCH3 is 1. The van der Waals surface area contributed by atoms with Crippen molar-refractivity contribution < 1.29 is 14.3 Å². The van der Waals surface area contributed by atoms with Crippen LogP contribution in [0.25, 0.3) is 11.3 Å². The topological polar surface area (TPSA) is 85.3 Å². The number of ether oxygens (including phenoxy) is 1. The third-order valence-corrected chi connectivity index (χ3v) is 5.25. The Morgan fingerprint density at radius 3 is 2.63 bits per heavy atom. The standard InChI is InChI=1S/C23H22N4O3/c1-15-5-6-18(14-25-15)22(28)27-10-7-16-12-19(23(29)30-2)21(26-20(16)8-11-27)17-4-3-9-24-13-17/h3-6,9,12-14H,7-8,10-11H2,1-2H3. The van der Waals surface area contributed by atoms with Crippen molar-refractivity contribution in [3.63, 3.8) is 0 Å². The Hall–Kier alpha value is -3.61. The molecule has 3 aromatic rings. The van der Waals surface area contributed by atoms with Gasteiger partial charge < -0.3 is 9.64 Å². The van der Waals surface area contributed by atoms with E-state index < -0.39 is 5.97 Å². The monoisotopic (exact) mass is 402 g/mol. The average Bonchev–Trinajstić information content (AvgIpc) is 3.00. The Labute approximate surface area is 174 Å². The second kappa shape index (κ2) is 8.41. The summed E-state index contributed by atoms with van der Waals surface area (Å²) in [4.78, 5) is 40.3. The highest BCUT2D eigenvalue weighted by Gasteiger charge is 2.24. The molecule has 0 atom stereocenters. The number of fused-ring (bicyclic) bond motifs is 1. The van der Waals surface area contributed by atoms with Crippen LogP contribution in [-0.2, 0) is 17.6 Å². The van der Waals surface area contributed by atoms with Crippen LogP contribution in [0.4, 0.5) is 0 Å². The van der Waals surface area contributed by atoms with Gasteiger partial charge in [-0.1, -0.05) is 0 Å². The Morgan fingerprint density at radius 1 is 1.10 bits per heavy atom. The molecule has 0 saturated heterocycles. The molecular formula is C23H22N4O3. The summed E-state index contributed by atoms with van der Waals surface area (Å²) in [7, 11) is 1.36. The fourth-order valence-electron chi connectivity index (χ4n) is 3.60. The first kappa shape index (κ1) is 19.7. The van der Waals surface area contributed by atoms with Crippen LogP contribution in [-0.4, -0.2) is 51.9 Å². The lowest BCUT2D eigenvalue weighted by atomic mass is 10.0. The first-order valence-corrected chi connectivity index (χ1v) is 9.80. The van der Waals surface area contributed by atoms with E-state index in [0.29, 0.717) is 42.8 Å². The van der Waals surface area contributed by atoms with Crippen LogP contribution in [0.2, 0.25) is 0 Å². The molecule has 7 heteroatoms. The summed E-state index contributed by atoms with van der Waals surface area (Å²) in [5.74, 6) is -0.483. The van der Waals surface area contributed by atoms with Gasteiger partial charge in [0.1, 0.15) is 0 Å². The molecule has 4 rings (SSSR count). The van der Waals surface area contributed by atoms with Crippen molar-refractivity contribution in [2.24, 2.45) is 0 Å². The molecule has 0 unspecified atom stereocenters. The quantitative estimate of drug-likeness (QED) is 0.626. The van der Waals surface area contributed by atoms with E-state index in [1.54, 1.807) is 30.7 Å². The predicted octanol–water partition coefficient (Wildman–Crippen LogP) is 2.87. The van der Waals surface area contributed by atoms with Crippen molar-refractivity contribution in [1.29, 1.82) is 0 Å². The molecule has 0 N–H and O–H groups in total. The van der Waals surface area contributed by atoms with Crippen molar-refractivity contribution >= 4 is 11.9 Å². The average molecular weight is 402 g/mol. The second-order valence-electron chi connectivity index (χ2n) is 7.20. The smallest absolute Gasteiger partial charge is 0.340 e. The highest BCUT2D eigenvalue weighted by Crippen LogP contribution is 2.26. The molecule has 0 bridgehead atoms. The minimum absolute atomic E-state index is 0.0454. The molecule has 0 aromatic carbocycles. The highest BCUT2D eigenvalue weighted by molar-refractivity contribution is 5.96. The maximum Gasteiger partial charge on any atom is 0.340 e. The summed E-state index contributed by atoms with van der Waals surface area (Å²) < 4.78 is 4.98. The molecule has 0 aliphatic carbocycles. The van der Waals surface area contributed by atoms with E-state index in [1.807, 2.05) is 30.0 Å². The number of carbonyl (C=O) groups excluding carboxylic acids is 2. The molecule has 0 radical (unpaired) electrons. The van der Waals surface area contributed by atoms with Gasteiger partial charge in [-0.05, 0) is 49.2 Å². The Bertz CT molecular complexity index is 1080. The third-order valence-electron chi connectivity index (χ3n) is 5.25. The van der Waals surface area contributed by atoms with Gasteiger partial charge in [0, 0.05) is 55.1 Å². The van der Waals surface area contributed by atoms with Gasteiger partial charge in [-0.2, -0.15) is 0 Å². The lowest BCUT2D eigenvalue weighted by Crippen LogP contribution is -2.33. The normalized spacial score (nSPS) is 13.3. The summed E-state index contributed by atoms with van der Waals surface area (Å²) in [5, 5.41) is 0. The first-order valence-electron chi connectivity index (χ1n) is 9.80. The summed E-state index contributed by atoms with van der Waals surface area (Å²) in [6.07, 6.45) is 6.19. The molecule has 0 fully saturated rings. The van der Waals surface area contributed by atoms with E-state index in [2.05, 4.69) is 9.97 Å². The minimum Gasteiger partial charge on any atom is -0.465 e. The van der Waals surface area contributed by atoms with E-state index in [1.165, 1.54) is 7.11 Å². The second-order valence-corrected chi connectivity index (χ2v) is 7.20. The molecule has 3 aromatic heterocycles. The number of pyridine rings is 3. The van der Waals surface area contributed by atoms with Crippen molar-refractivity contribution in [3.05, 3.63) is 77.0 Å². The first-order chi connectivity index (χ1) is 14.6. The van der Waals surface area contributed by atoms with Gasteiger partial charge >= 0.3 is 5.97 Å². The molecule has 1 aliphatic heterocycles. The van der Waals surface area contributed by atoms with Gasteiger partial charge in [0.05, 0.1) is 23.9 Å². The van der Waals surface area contributed by atoms with Crippen molar-refractivity contribution in [2.45, 2.75) is 19.8 Å². The number of hydrogen-bond acceptors (Lipinski definition) is 6. The Morgan fingerprint density at radius 2 is 1.93 bits per heavy atom. The minimum atomic E-state index is -0.438. The highest BCUT2D eigenvalue weighted by atomic mass is 16.5. The lowest BCUT2D eigenvalue weighted by molar-refractivity contribution is 0.0600. The number of aromatic nitrogens is 3. The van der Waals surface area contributed by atoms with Crippen LogP contribution < -0.4 is 0 Å². The number of rotatable bonds is 3. The Balaban J connectivity index is 1.65. The Kier molecular flexibility index (Phi) is 5.52. The van der Waals surface area contributed by atoms with Crippen LogP contribution in [0, 0.1) is 6.92 Å². The molecule has 0 spiro atoms. The predicted molar refractivity (Wildman–Crippen MR) is 111 cm³/mol. The number of amides is 1. The van der Waals surface area contributed by atoms with Crippen molar-refractivity contribution in [1.82, 2.24) is 19.9 Å². The van der Waals surface area contributed by atoms with Crippen LogP contribution in [0.15, 0.2) is 48.9 Å². The van der Waals surface area contributed by atoms with Gasteiger partial charge in [-0.25, -0.2) is 4.79 Å². The van der Waals surface area contributed by atoms with Crippen molar-refractivity contribution in [2.75, 3.05) is 20.2 Å². The zero-order chi connectivity index (χ0) is 21.1. The maximum absolute atomic E-state index is 12.9. The van der Waals surface area contributed by atoms with Crippen molar-refractivity contribution in [3.8, 4) is 11.3 Å². The van der Waals surface area contributed by atoms with E-state index >= 15 is 0 Å². The van der Waals surface area contributed by atoms with Gasteiger partial charge in [0.15, 0.2) is 0 Å². The molecule has 30 heavy (non-hydrogen) atoms. The number of aryl methyl sites for hydroxylation is 1. The fourth-order valence-corrected chi connectivity index (χ4v) is 3.60. The number of esters is 1. The van der Waals surface area contributed by atoms with E-state index in [4.69, 9.17) is 9.72 Å². The molecule has 7 nitrogen and oxygen atoms in total. The molecule has 4 heterocycles. The summed E-state index contributed by atoms with van der Waals surface area (Å²) in [6, 6.07) is 9.16. The molecule has 1 amide bonds. The molecule has 152 valence electrons. The van der Waals surface area contributed by atoms with Crippen LogP contribution in [0.1, 0.15) is 37.7 Å². The zero-order valence-electron chi connectivity index (χ0n) is 17.0. The third kappa shape index (κ3) is 3.91. The van der Waals surface area contributed by atoms with Gasteiger partial charge in [0.25, 0.3) is 5.91 Å². The fraction of sp³-hybridized carbons (Fsp3) is 0.261. The van der Waals surface area contributed by atoms with Crippen LogP contribution >= 0.6 is 0 Å². The summed E-state index contributed by atoms with van der Waals surface area (Å²) in [6.45, 7) is 2.99. The SMILES string of the molecule is COC(=O)c1cc2c(nc1-c1cccnc1)CCN(C(=O)c1ccc(C)nc1)CC2. The number of carbonyl (C=O) groups is 2. The van der Waals surface area contributed by atoms with E-state index in [-0.39, 0.29) is 5.91 Å². The van der Waals surface area contributed by atoms with Gasteiger partial charge in [-0.3, -0.25) is 19.7 Å².